The van der Waals surface area contributed by atoms with Gasteiger partial charge in [0.25, 0.3) is 0 Å². The van der Waals surface area contributed by atoms with Crippen molar-refractivity contribution in [1.82, 2.24) is 24.3 Å². The smallest absolute Gasteiger partial charge is 0.416 e. The predicted octanol–water partition coefficient (Wildman–Crippen LogP) is 6.17. The number of rotatable bonds is 6. The number of halogens is 3. The molecule has 3 aromatic heterocycles. The standard InChI is InChI=1S/C31H31F3N8O2/c1-40-9-11-41(12-10-40)15-18-2-3-19(14-24(18)31(32,33)34)38-30(43)39-25-7-6-21(22-8-13-44-27(22)25)23-16-42(20-4-5-20)29-26(23)28(35)36-17-37-29/h2-3,6-8,13-14,16-17,20H,4-5,9-12,15H2,1H3,(H2,35,36,37)(H2,38,39,43). The Hall–Kier alpha value is -4.62. The van der Waals surface area contributed by atoms with Crippen molar-refractivity contribution in [1.29, 1.82) is 0 Å². The summed E-state index contributed by atoms with van der Waals surface area (Å²) in [6.07, 6.45) is 2.57. The molecule has 2 amide bonds. The third kappa shape index (κ3) is 5.33. The number of nitrogens with one attached hydrogen (secondary N) is 2. The minimum atomic E-state index is -4.57. The normalized spacial score (nSPS) is 16.5. The SMILES string of the molecule is CN1CCN(Cc2ccc(NC(=O)Nc3ccc(-c4cn(C5CC5)c5ncnc(N)c45)c4ccoc34)cc2C(F)(F)F)CC1. The number of piperazine rings is 1. The Balaban J connectivity index is 1.13. The van der Waals surface area contributed by atoms with Gasteiger partial charge in [-0.2, -0.15) is 13.2 Å². The van der Waals surface area contributed by atoms with Crippen molar-refractivity contribution in [2.45, 2.75) is 31.6 Å². The second-order valence-electron chi connectivity index (χ2n) is 11.5. The molecular weight excluding hydrogens is 573 g/mol. The minimum absolute atomic E-state index is 0.0348. The van der Waals surface area contributed by atoms with Crippen LogP contribution in [0.2, 0.25) is 0 Å². The molecule has 2 fully saturated rings. The van der Waals surface area contributed by atoms with Crippen molar-refractivity contribution in [3.05, 3.63) is 66.3 Å². The maximum Gasteiger partial charge on any atom is 0.416 e. The number of likely N-dealkylation sites (N-methyl/N-ethyl adjacent to an activating group) is 1. The number of amides is 2. The lowest BCUT2D eigenvalue weighted by molar-refractivity contribution is -0.138. The Morgan fingerprint density at radius 3 is 2.59 bits per heavy atom. The molecule has 0 atom stereocenters. The minimum Gasteiger partial charge on any atom is -0.462 e. The molecule has 0 radical (unpaired) electrons. The van der Waals surface area contributed by atoms with Crippen molar-refractivity contribution in [3.63, 3.8) is 0 Å². The van der Waals surface area contributed by atoms with E-state index in [2.05, 4.69) is 30.1 Å². The maximum atomic E-state index is 14.0. The van der Waals surface area contributed by atoms with Crippen LogP contribution in [0, 0.1) is 0 Å². The zero-order valence-corrected chi connectivity index (χ0v) is 24.0. The largest absolute Gasteiger partial charge is 0.462 e. The topological polar surface area (TPSA) is 117 Å². The average molecular weight is 605 g/mol. The highest BCUT2D eigenvalue weighted by atomic mass is 19.4. The van der Waals surface area contributed by atoms with Crippen molar-refractivity contribution < 1.29 is 22.4 Å². The molecule has 228 valence electrons. The van der Waals surface area contributed by atoms with Gasteiger partial charge in [-0.15, -0.1) is 0 Å². The molecule has 1 aliphatic carbocycles. The van der Waals surface area contributed by atoms with Crippen LogP contribution in [-0.4, -0.2) is 63.6 Å². The van der Waals surface area contributed by atoms with Gasteiger partial charge in [0.15, 0.2) is 5.58 Å². The highest BCUT2D eigenvalue weighted by Gasteiger charge is 2.34. The van der Waals surface area contributed by atoms with Gasteiger partial charge in [-0.05, 0) is 55.3 Å². The van der Waals surface area contributed by atoms with Gasteiger partial charge >= 0.3 is 12.2 Å². The number of hydrogen-bond acceptors (Lipinski definition) is 7. The summed E-state index contributed by atoms with van der Waals surface area (Å²) in [6.45, 7) is 3.18. The van der Waals surface area contributed by atoms with Crippen LogP contribution in [0.25, 0.3) is 33.1 Å². The fraction of sp³-hybridized carbons (Fsp3) is 0.323. The van der Waals surface area contributed by atoms with Crippen LogP contribution in [0.15, 0.2) is 59.6 Å². The summed E-state index contributed by atoms with van der Waals surface area (Å²) >= 11 is 0. The van der Waals surface area contributed by atoms with Gasteiger partial charge in [-0.3, -0.25) is 4.90 Å². The maximum absolute atomic E-state index is 14.0. The van der Waals surface area contributed by atoms with E-state index >= 15 is 0 Å². The number of benzene rings is 2. The van der Waals surface area contributed by atoms with Gasteiger partial charge in [0.2, 0.25) is 0 Å². The van der Waals surface area contributed by atoms with E-state index in [-0.39, 0.29) is 17.8 Å². The summed E-state index contributed by atoms with van der Waals surface area (Å²) in [5.74, 6) is 0.371. The number of furan rings is 1. The highest BCUT2D eigenvalue weighted by molar-refractivity contribution is 6.11. The second kappa shape index (κ2) is 10.8. The number of fused-ring (bicyclic) bond motifs is 2. The number of nitrogens with zero attached hydrogens (tertiary/aromatic N) is 5. The van der Waals surface area contributed by atoms with Gasteiger partial charge in [-0.1, -0.05) is 12.1 Å². The van der Waals surface area contributed by atoms with E-state index in [1.165, 1.54) is 24.7 Å². The van der Waals surface area contributed by atoms with E-state index in [0.717, 1.165) is 59.5 Å². The molecule has 0 bridgehead atoms. The van der Waals surface area contributed by atoms with Crippen LogP contribution >= 0.6 is 0 Å². The highest BCUT2D eigenvalue weighted by Crippen LogP contribution is 2.44. The van der Waals surface area contributed by atoms with E-state index in [1.807, 2.05) is 24.2 Å². The third-order valence-corrected chi connectivity index (χ3v) is 8.40. The fourth-order valence-electron chi connectivity index (χ4n) is 5.93. The molecule has 10 nitrogen and oxygen atoms in total. The van der Waals surface area contributed by atoms with Crippen LogP contribution in [0.3, 0.4) is 0 Å². The van der Waals surface area contributed by atoms with Crippen molar-refractivity contribution >= 4 is 45.2 Å². The molecule has 4 heterocycles. The fourth-order valence-corrected chi connectivity index (χ4v) is 5.93. The number of carbonyl (C=O) groups excluding carboxylic acids is 1. The Labute approximate surface area is 250 Å². The lowest BCUT2D eigenvalue weighted by Gasteiger charge is -2.33. The van der Waals surface area contributed by atoms with Crippen LogP contribution in [-0.2, 0) is 12.7 Å². The molecular formula is C31H31F3N8O2. The Bertz CT molecular complexity index is 1870. The summed E-state index contributed by atoms with van der Waals surface area (Å²) in [5.41, 5.74) is 8.96. The van der Waals surface area contributed by atoms with Crippen LogP contribution in [0.1, 0.15) is 30.0 Å². The van der Waals surface area contributed by atoms with Crippen LogP contribution in [0.5, 0.6) is 0 Å². The first-order chi connectivity index (χ1) is 21.2. The first-order valence-corrected chi connectivity index (χ1v) is 14.5. The van der Waals surface area contributed by atoms with Crippen LogP contribution < -0.4 is 16.4 Å². The number of nitrogen functional groups attached to an aromatic ring is 1. The molecule has 0 spiro atoms. The number of urea groups is 1. The Morgan fingerprint density at radius 2 is 1.84 bits per heavy atom. The monoisotopic (exact) mass is 604 g/mol. The van der Waals surface area contributed by atoms with E-state index in [0.29, 0.717) is 36.2 Å². The van der Waals surface area contributed by atoms with Gasteiger partial charge in [0.1, 0.15) is 17.8 Å². The molecule has 0 unspecified atom stereocenters. The van der Waals surface area contributed by atoms with Gasteiger partial charge in [-0.25, -0.2) is 14.8 Å². The molecule has 2 aromatic carbocycles. The van der Waals surface area contributed by atoms with Gasteiger partial charge < -0.3 is 30.3 Å². The quantitative estimate of drug-likeness (QED) is 0.212. The Kier molecular flexibility index (Phi) is 6.93. The lowest BCUT2D eigenvalue weighted by atomic mass is 10.0. The van der Waals surface area contributed by atoms with Gasteiger partial charge in [0, 0.05) is 61.6 Å². The number of aromatic nitrogens is 3. The van der Waals surface area contributed by atoms with Crippen molar-refractivity contribution in [3.8, 4) is 11.1 Å². The zero-order chi connectivity index (χ0) is 30.6. The summed E-state index contributed by atoms with van der Waals surface area (Å²) in [5, 5.41) is 6.76. The average Bonchev–Trinajstić information content (AvgIpc) is 3.56. The second-order valence-corrected chi connectivity index (χ2v) is 11.5. The zero-order valence-electron chi connectivity index (χ0n) is 24.0. The van der Waals surface area contributed by atoms with E-state index in [1.54, 1.807) is 12.1 Å². The lowest BCUT2D eigenvalue weighted by Crippen LogP contribution is -2.44. The molecule has 44 heavy (non-hydrogen) atoms. The third-order valence-electron chi connectivity index (χ3n) is 8.40. The number of carbonyl (C=O) groups is 1. The number of alkyl halides is 3. The van der Waals surface area contributed by atoms with Gasteiger partial charge in [0.05, 0.1) is 22.9 Å². The number of nitrogens with two attached hydrogens (primary N) is 1. The van der Waals surface area contributed by atoms with E-state index in [9.17, 15) is 18.0 Å². The molecule has 7 rings (SSSR count). The molecule has 2 aliphatic rings. The van der Waals surface area contributed by atoms with Crippen LogP contribution in [0.4, 0.5) is 35.2 Å². The van der Waals surface area contributed by atoms with E-state index in [4.69, 9.17) is 10.2 Å². The summed E-state index contributed by atoms with van der Waals surface area (Å²) in [6, 6.07) is 8.92. The number of anilines is 3. The Morgan fingerprint density at radius 1 is 1.05 bits per heavy atom. The molecule has 1 aliphatic heterocycles. The molecule has 1 saturated heterocycles. The van der Waals surface area contributed by atoms with Crippen molar-refractivity contribution in [2.24, 2.45) is 0 Å². The molecule has 4 N–H and O–H groups in total. The molecule has 1 saturated carbocycles. The molecule has 5 aromatic rings. The predicted molar refractivity (Wildman–Crippen MR) is 162 cm³/mol. The summed E-state index contributed by atoms with van der Waals surface area (Å²) in [7, 11) is 2.00. The summed E-state index contributed by atoms with van der Waals surface area (Å²) in [4.78, 5) is 25.8. The first-order valence-electron chi connectivity index (χ1n) is 14.5. The van der Waals surface area contributed by atoms with Crippen molar-refractivity contribution in [2.75, 3.05) is 49.6 Å². The number of hydrogen-bond donors (Lipinski definition) is 3. The first kappa shape index (κ1) is 28.2. The molecule has 13 heteroatoms. The summed E-state index contributed by atoms with van der Waals surface area (Å²) < 4.78 is 50.0. The van der Waals surface area contributed by atoms with E-state index < -0.39 is 17.8 Å².